The minimum atomic E-state index is 0.115. The lowest BCUT2D eigenvalue weighted by Crippen LogP contribution is -2.28. The van der Waals surface area contributed by atoms with E-state index in [0.717, 1.165) is 26.9 Å². The summed E-state index contributed by atoms with van der Waals surface area (Å²) < 4.78 is 1.03. The van der Waals surface area contributed by atoms with E-state index in [9.17, 15) is 4.79 Å². The van der Waals surface area contributed by atoms with Crippen molar-refractivity contribution < 1.29 is 4.79 Å². The number of benzene rings is 2. The maximum absolute atomic E-state index is 12.4. The first-order chi connectivity index (χ1) is 12.0. The molecule has 0 radical (unpaired) electrons. The molecule has 1 heterocycles. The van der Waals surface area contributed by atoms with Crippen molar-refractivity contribution >= 4 is 44.6 Å². The summed E-state index contributed by atoms with van der Waals surface area (Å²) in [5.74, 6) is 1.45. The molecule has 1 amide bonds. The van der Waals surface area contributed by atoms with Crippen LogP contribution in [0.4, 0.5) is 0 Å². The van der Waals surface area contributed by atoms with Gasteiger partial charge in [0.25, 0.3) is 0 Å². The molecule has 25 heavy (non-hydrogen) atoms. The molecule has 1 aromatic heterocycles. The Hall–Kier alpha value is -1.79. The summed E-state index contributed by atoms with van der Waals surface area (Å²) in [6.45, 7) is 2.67. The van der Waals surface area contributed by atoms with Gasteiger partial charge in [-0.05, 0) is 30.7 Å². The van der Waals surface area contributed by atoms with Crippen LogP contribution in [0.15, 0.2) is 53.0 Å². The molecule has 0 aliphatic rings. The first kappa shape index (κ1) is 18.0. The van der Waals surface area contributed by atoms with Gasteiger partial charge in [0.15, 0.2) is 0 Å². The van der Waals surface area contributed by atoms with E-state index in [1.54, 1.807) is 16.7 Å². The molecule has 0 bridgehead atoms. The van der Waals surface area contributed by atoms with Crippen molar-refractivity contribution in [3.63, 3.8) is 0 Å². The number of nitrogens with zero attached hydrogens (tertiary/aromatic N) is 2. The lowest BCUT2D eigenvalue weighted by atomic mass is 10.2. The largest absolute Gasteiger partial charge is 0.341 e. The number of H-pyrrole nitrogens is 1. The third-order valence-corrected chi connectivity index (χ3v) is 5.95. The number of aromatic amines is 1. The number of aromatic nitrogens is 2. The molecule has 4 nitrogen and oxygen atoms in total. The Bertz CT molecular complexity index is 847. The van der Waals surface area contributed by atoms with Gasteiger partial charge < -0.3 is 9.88 Å². The van der Waals surface area contributed by atoms with Gasteiger partial charge in [-0.3, -0.25) is 4.79 Å². The SMILES string of the molecule is CC(SCC(=O)N(C)Cc1ccccc1Br)c1nc2ccccc2[nH]1. The molecule has 0 saturated carbocycles. The Labute approximate surface area is 160 Å². The lowest BCUT2D eigenvalue weighted by molar-refractivity contribution is -0.127. The number of rotatable bonds is 6. The molecular formula is C19H20BrN3OS. The summed E-state index contributed by atoms with van der Waals surface area (Å²) in [7, 11) is 1.84. The number of hydrogen-bond acceptors (Lipinski definition) is 3. The van der Waals surface area contributed by atoms with Gasteiger partial charge in [0.05, 0.1) is 22.0 Å². The van der Waals surface area contributed by atoms with Gasteiger partial charge in [0, 0.05) is 18.1 Å². The molecular weight excluding hydrogens is 398 g/mol. The van der Waals surface area contributed by atoms with Crippen molar-refractivity contribution in [1.82, 2.24) is 14.9 Å². The van der Waals surface area contributed by atoms with Crippen molar-refractivity contribution in [3.8, 4) is 0 Å². The quantitative estimate of drug-likeness (QED) is 0.627. The van der Waals surface area contributed by atoms with Crippen LogP contribution >= 0.6 is 27.7 Å². The van der Waals surface area contributed by atoms with Gasteiger partial charge in [-0.25, -0.2) is 4.98 Å². The van der Waals surface area contributed by atoms with E-state index in [4.69, 9.17) is 0 Å². The molecule has 130 valence electrons. The molecule has 1 N–H and O–H groups in total. The maximum atomic E-state index is 12.4. The third-order valence-electron chi connectivity index (χ3n) is 4.04. The molecule has 1 atom stereocenters. The number of thioether (sulfide) groups is 1. The predicted molar refractivity (Wildman–Crippen MR) is 108 cm³/mol. The fourth-order valence-electron chi connectivity index (χ4n) is 2.52. The molecule has 0 aliphatic heterocycles. The van der Waals surface area contributed by atoms with Crippen LogP contribution in [0, 0.1) is 0 Å². The highest BCUT2D eigenvalue weighted by Crippen LogP contribution is 2.28. The Morgan fingerprint density at radius 3 is 2.72 bits per heavy atom. The fraction of sp³-hybridized carbons (Fsp3) is 0.263. The first-order valence-electron chi connectivity index (χ1n) is 8.08. The molecule has 2 aromatic carbocycles. The number of carbonyl (C=O) groups excluding carboxylic acids is 1. The van der Waals surface area contributed by atoms with E-state index in [0.29, 0.717) is 12.3 Å². The van der Waals surface area contributed by atoms with Crippen LogP contribution < -0.4 is 0 Å². The van der Waals surface area contributed by atoms with Crippen LogP contribution in [-0.2, 0) is 11.3 Å². The van der Waals surface area contributed by atoms with Crippen LogP contribution in [0.2, 0.25) is 0 Å². The number of imidazole rings is 1. The van der Waals surface area contributed by atoms with Crippen molar-refractivity contribution in [3.05, 3.63) is 64.4 Å². The van der Waals surface area contributed by atoms with Crippen LogP contribution in [-0.4, -0.2) is 33.6 Å². The molecule has 0 spiro atoms. The first-order valence-corrected chi connectivity index (χ1v) is 9.92. The number of para-hydroxylation sites is 2. The minimum absolute atomic E-state index is 0.115. The third kappa shape index (κ3) is 4.44. The van der Waals surface area contributed by atoms with Crippen LogP contribution in [0.5, 0.6) is 0 Å². The maximum Gasteiger partial charge on any atom is 0.232 e. The van der Waals surface area contributed by atoms with Gasteiger partial charge in [0.2, 0.25) is 5.91 Å². The zero-order valence-corrected chi connectivity index (χ0v) is 16.6. The molecule has 0 aliphatic carbocycles. The summed E-state index contributed by atoms with van der Waals surface area (Å²) in [6, 6.07) is 15.9. The van der Waals surface area contributed by atoms with E-state index in [2.05, 4.69) is 32.8 Å². The topological polar surface area (TPSA) is 49.0 Å². The number of carbonyl (C=O) groups is 1. The average Bonchev–Trinajstić information content (AvgIpc) is 3.05. The Balaban J connectivity index is 1.56. The van der Waals surface area contributed by atoms with Gasteiger partial charge in [0.1, 0.15) is 5.82 Å². The fourth-order valence-corrected chi connectivity index (χ4v) is 3.81. The highest BCUT2D eigenvalue weighted by Gasteiger charge is 2.16. The van der Waals surface area contributed by atoms with E-state index in [-0.39, 0.29) is 11.2 Å². The standard InChI is InChI=1S/C19H20BrN3OS/c1-13(19-21-16-9-5-6-10-17(16)22-19)25-12-18(24)23(2)11-14-7-3-4-8-15(14)20/h3-10,13H,11-12H2,1-2H3,(H,21,22). The highest BCUT2D eigenvalue weighted by molar-refractivity contribution is 9.10. The molecule has 3 aromatic rings. The normalized spacial score (nSPS) is 12.3. The van der Waals surface area contributed by atoms with Crippen LogP contribution in [0.3, 0.4) is 0 Å². The van der Waals surface area contributed by atoms with E-state index >= 15 is 0 Å². The number of fused-ring (bicyclic) bond motifs is 1. The van der Waals surface area contributed by atoms with E-state index in [1.165, 1.54) is 0 Å². The van der Waals surface area contributed by atoms with Crippen LogP contribution in [0.25, 0.3) is 11.0 Å². The van der Waals surface area contributed by atoms with E-state index in [1.807, 2.05) is 55.6 Å². The number of nitrogens with one attached hydrogen (secondary N) is 1. The smallest absolute Gasteiger partial charge is 0.232 e. The second-order valence-electron chi connectivity index (χ2n) is 5.93. The van der Waals surface area contributed by atoms with Crippen molar-refractivity contribution in [2.45, 2.75) is 18.7 Å². The van der Waals surface area contributed by atoms with E-state index < -0.39 is 0 Å². The summed E-state index contributed by atoms with van der Waals surface area (Å²) in [4.78, 5) is 22.1. The van der Waals surface area contributed by atoms with Gasteiger partial charge >= 0.3 is 0 Å². The monoisotopic (exact) mass is 417 g/mol. The summed E-state index contributed by atoms with van der Waals surface area (Å²) >= 11 is 5.13. The molecule has 3 rings (SSSR count). The zero-order valence-electron chi connectivity index (χ0n) is 14.2. The van der Waals surface area contributed by atoms with Gasteiger partial charge in [-0.1, -0.05) is 46.3 Å². The molecule has 0 fully saturated rings. The zero-order chi connectivity index (χ0) is 17.8. The summed E-state index contributed by atoms with van der Waals surface area (Å²) in [5, 5.41) is 0.133. The molecule has 6 heteroatoms. The second-order valence-corrected chi connectivity index (χ2v) is 8.12. The Morgan fingerprint density at radius 2 is 1.96 bits per heavy atom. The summed E-state index contributed by atoms with van der Waals surface area (Å²) in [5.41, 5.74) is 3.10. The predicted octanol–water partition coefficient (Wildman–Crippen LogP) is 4.78. The molecule has 1 unspecified atom stereocenters. The van der Waals surface area contributed by atoms with Crippen molar-refractivity contribution in [2.24, 2.45) is 0 Å². The molecule has 0 saturated heterocycles. The van der Waals surface area contributed by atoms with Gasteiger partial charge in [-0.15, -0.1) is 11.8 Å². The lowest BCUT2D eigenvalue weighted by Gasteiger charge is -2.18. The Kier molecular flexibility index (Phi) is 5.81. The van der Waals surface area contributed by atoms with Crippen molar-refractivity contribution in [1.29, 1.82) is 0 Å². The highest BCUT2D eigenvalue weighted by atomic mass is 79.9. The summed E-state index contributed by atoms with van der Waals surface area (Å²) in [6.07, 6.45) is 0. The second kappa shape index (κ2) is 8.06. The minimum Gasteiger partial charge on any atom is -0.341 e. The number of hydrogen-bond donors (Lipinski definition) is 1. The number of amides is 1. The Morgan fingerprint density at radius 1 is 1.24 bits per heavy atom. The van der Waals surface area contributed by atoms with Crippen molar-refractivity contribution in [2.75, 3.05) is 12.8 Å². The van der Waals surface area contributed by atoms with Crippen LogP contribution in [0.1, 0.15) is 23.6 Å². The average molecular weight is 418 g/mol. The number of halogens is 1. The van der Waals surface area contributed by atoms with Gasteiger partial charge in [-0.2, -0.15) is 0 Å².